The first kappa shape index (κ1) is 22.6. The molecule has 0 spiro atoms. The van der Waals surface area contributed by atoms with E-state index in [2.05, 4.69) is 5.32 Å². The minimum Gasteiger partial charge on any atom is -0.493 e. The number of nitrogens with zero attached hydrogens (tertiary/aromatic N) is 1. The number of benzene rings is 2. The summed E-state index contributed by atoms with van der Waals surface area (Å²) < 4.78 is 24.7. The molecule has 0 bridgehead atoms. The Morgan fingerprint density at radius 2 is 1.87 bits per heavy atom. The molecule has 2 aromatic carbocycles. The molecule has 31 heavy (non-hydrogen) atoms. The van der Waals surface area contributed by atoms with Crippen molar-refractivity contribution in [2.24, 2.45) is 5.92 Å². The minimum absolute atomic E-state index is 0.0635. The zero-order chi connectivity index (χ0) is 22.6. The van der Waals surface area contributed by atoms with Crippen molar-refractivity contribution in [3.05, 3.63) is 59.4 Å². The van der Waals surface area contributed by atoms with Crippen molar-refractivity contribution >= 4 is 11.8 Å². The lowest BCUT2D eigenvalue weighted by molar-refractivity contribution is -0.139. The molecule has 1 aliphatic rings. The van der Waals surface area contributed by atoms with Gasteiger partial charge < -0.3 is 19.7 Å². The molecule has 0 saturated carbocycles. The number of ether oxygens (including phenoxy) is 2. The van der Waals surface area contributed by atoms with Gasteiger partial charge in [0.15, 0.2) is 11.5 Å². The molecule has 6 nitrogen and oxygen atoms in total. The third-order valence-electron chi connectivity index (χ3n) is 5.73. The zero-order valence-electron chi connectivity index (χ0n) is 18.4. The maximum atomic E-state index is 14.0. The van der Waals surface area contributed by atoms with Gasteiger partial charge in [-0.1, -0.05) is 24.3 Å². The summed E-state index contributed by atoms with van der Waals surface area (Å²) in [5, 5.41) is 3.09. The fourth-order valence-corrected chi connectivity index (χ4v) is 3.82. The molecular formula is C24H29FN2O4. The van der Waals surface area contributed by atoms with E-state index in [4.69, 9.17) is 9.47 Å². The Kier molecular flexibility index (Phi) is 6.83. The molecule has 0 unspecified atom stereocenters. The monoisotopic (exact) mass is 428 g/mol. The van der Waals surface area contributed by atoms with E-state index in [-0.39, 0.29) is 43.1 Å². The van der Waals surface area contributed by atoms with Gasteiger partial charge in [-0.25, -0.2) is 4.39 Å². The highest BCUT2D eigenvalue weighted by Crippen LogP contribution is 2.32. The van der Waals surface area contributed by atoms with Crippen molar-refractivity contribution < 1.29 is 23.5 Å². The van der Waals surface area contributed by atoms with Gasteiger partial charge in [-0.3, -0.25) is 9.59 Å². The van der Waals surface area contributed by atoms with Crippen molar-refractivity contribution in [2.45, 2.75) is 38.8 Å². The largest absolute Gasteiger partial charge is 0.493 e. The number of hydrogen-bond acceptors (Lipinski definition) is 4. The van der Waals surface area contributed by atoms with Crippen molar-refractivity contribution in [2.75, 3.05) is 20.8 Å². The van der Waals surface area contributed by atoms with Crippen LogP contribution in [0.15, 0.2) is 42.5 Å². The summed E-state index contributed by atoms with van der Waals surface area (Å²) in [5.74, 6) is 0.294. The maximum absolute atomic E-state index is 14.0. The van der Waals surface area contributed by atoms with Crippen LogP contribution < -0.4 is 14.8 Å². The van der Waals surface area contributed by atoms with Gasteiger partial charge in [-0.2, -0.15) is 0 Å². The van der Waals surface area contributed by atoms with Gasteiger partial charge in [0.25, 0.3) is 0 Å². The van der Waals surface area contributed by atoms with Crippen molar-refractivity contribution in [3.8, 4) is 11.5 Å². The quantitative estimate of drug-likeness (QED) is 0.731. The summed E-state index contributed by atoms with van der Waals surface area (Å²) in [6, 6.07) is 11.9. The number of methoxy groups -OCH3 is 2. The Bertz CT molecular complexity index is 960. The number of rotatable bonds is 7. The second-order valence-electron chi connectivity index (χ2n) is 8.29. The molecule has 2 aromatic rings. The lowest BCUT2D eigenvalue weighted by Gasteiger charge is -2.35. The highest BCUT2D eigenvalue weighted by atomic mass is 19.1. The van der Waals surface area contributed by atoms with Gasteiger partial charge in [-0.05, 0) is 44.0 Å². The number of halogens is 1. The molecule has 3 rings (SSSR count). The predicted molar refractivity (Wildman–Crippen MR) is 115 cm³/mol. The van der Waals surface area contributed by atoms with E-state index < -0.39 is 5.54 Å². The van der Waals surface area contributed by atoms with Gasteiger partial charge >= 0.3 is 0 Å². The average molecular weight is 429 g/mol. The van der Waals surface area contributed by atoms with Crippen LogP contribution in [0.1, 0.15) is 37.8 Å². The van der Waals surface area contributed by atoms with E-state index in [1.807, 2.05) is 26.0 Å². The summed E-state index contributed by atoms with van der Waals surface area (Å²) in [5.41, 5.74) is 0.658. The fraction of sp³-hybridized carbons (Fsp3) is 0.417. The molecule has 0 aliphatic carbocycles. The molecule has 1 atom stereocenters. The number of likely N-dealkylation sites (tertiary alicyclic amines) is 1. The third kappa shape index (κ3) is 5.16. The lowest BCUT2D eigenvalue weighted by atomic mass is 9.90. The average Bonchev–Trinajstić information content (AvgIpc) is 2.75. The molecule has 0 radical (unpaired) electrons. The Morgan fingerprint density at radius 1 is 1.16 bits per heavy atom. The van der Waals surface area contributed by atoms with Gasteiger partial charge in [0, 0.05) is 25.1 Å². The Balaban J connectivity index is 1.70. The summed E-state index contributed by atoms with van der Waals surface area (Å²) in [7, 11) is 3.14. The maximum Gasteiger partial charge on any atom is 0.225 e. The number of carbonyl (C=O) groups is 2. The number of piperidine rings is 1. The molecule has 1 heterocycles. The molecule has 1 saturated heterocycles. The van der Waals surface area contributed by atoms with E-state index in [0.29, 0.717) is 23.5 Å². The van der Waals surface area contributed by atoms with Crippen LogP contribution in [0.4, 0.5) is 4.39 Å². The van der Waals surface area contributed by atoms with E-state index in [1.165, 1.54) is 6.07 Å². The summed E-state index contributed by atoms with van der Waals surface area (Å²) in [6.07, 6.45) is 0.740. The molecule has 1 N–H and O–H groups in total. The topological polar surface area (TPSA) is 67.9 Å². The van der Waals surface area contributed by atoms with E-state index in [1.54, 1.807) is 43.4 Å². The first-order valence-corrected chi connectivity index (χ1v) is 10.3. The van der Waals surface area contributed by atoms with E-state index >= 15 is 0 Å². The smallest absolute Gasteiger partial charge is 0.225 e. The highest BCUT2D eigenvalue weighted by molar-refractivity contribution is 5.84. The molecule has 166 valence electrons. The standard InChI is InChI=1S/C24H29FN2O4/c1-24(2,18-10-11-20(30-3)21(13-18)31-4)26-23(29)17-9-12-22(28)27(15-17)14-16-7-5-6-8-19(16)25/h5-8,10-11,13,17H,9,12,14-15H2,1-4H3,(H,26,29)/t17-/m0/s1. The van der Waals surface area contributed by atoms with Crippen LogP contribution in [0.2, 0.25) is 0 Å². The molecule has 2 amide bonds. The van der Waals surface area contributed by atoms with Gasteiger partial charge in [0.2, 0.25) is 11.8 Å². The highest BCUT2D eigenvalue weighted by Gasteiger charge is 2.33. The second kappa shape index (κ2) is 9.37. The van der Waals surface area contributed by atoms with Crippen LogP contribution in [0, 0.1) is 11.7 Å². The van der Waals surface area contributed by atoms with Crippen LogP contribution in [0.25, 0.3) is 0 Å². The van der Waals surface area contributed by atoms with Crippen LogP contribution in [-0.4, -0.2) is 37.5 Å². The van der Waals surface area contributed by atoms with Crippen LogP contribution in [0.3, 0.4) is 0 Å². The molecule has 7 heteroatoms. The summed E-state index contributed by atoms with van der Waals surface area (Å²) in [4.78, 5) is 27.0. The Hall–Kier alpha value is -3.09. The third-order valence-corrected chi connectivity index (χ3v) is 5.73. The van der Waals surface area contributed by atoms with E-state index in [0.717, 1.165) is 5.56 Å². The van der Waals surface area contributed by atoms with Crippen LogP contribution in [0.5, 0.6) is 11.5 Å². The van der Waals surface area contributed by atoms with Crippen molar-refractivity contribution in [3.63, 3.8) is 0 Å². The van der Waals surface area contributed by atoms with Crippen LogP contribution in [-0.2, 0) is 21.7 Å². The number of nitrogens with one attached hydrogen (secondary N) is 1. The van der Waals surface area contributed by atoms with Crippen molar-refractivity contribution in [1.29, 1.82) is 0 Å². The summed E-state index contributed by atoms with van der Waals surface area (Å²) in [6.45, 7) is 4.25. The fourth-order valence-electron chi connectivity index (χ4n) is 3.82. The van der Waals surface area contributed by atoms with Gasteiger partial charge in [0.1, 0.15) is 5.82 Å². The number of amides is 2. The zero-order valence-corrected chi connectivity index (χ0v) is 18.4. The predicted octanol–water partition coefficient (Wildman–Crippen LogP) is 3.63. The van der Waals surface area contributed by atoms with Crippen LogP contribution >= 0.6 is 0 Å². The minimum atomic E-state index is -0.658. The van der Waals surface area contributed by atoms with E-state index in [9.17, 15) is 14.0 Å². The van der Waals surface area contributed by atoms with Crippen molar-refractivity contribution in [1.82, 2.24) is 10.2 Å². The Morgan fingerprint density at radius 3 is 2.55 bits per heavy atom. The normalized spacial score (nSPS) is 16.7. The molecular weight excluding hydrogens is 399 g/mol. The van der Waals surface area contributed by atoms with Gasteiger partial charge in [-0.15, -0.1) is 0 Å². The summed E-state index contributed by atoms with van der Waals surface area (Å²) >= 11 is 0. The SMILES string of the molecule is COc1ccc(C(C)(C)NC(=O)[C@H]2CCC(=O)N(Cc3ccccc3F)C2)cc1OC. The molecule has 1 aliphatic heterocycles. The Labute approximate surface area is 182 Å². The number of hydrogen-bond donors (Lipinski definition) is 1. The van der Waals surface area contributed by atoms with Gasteiger partial charge in [0.05, 0.1) is 25.7 Å². The number of carbonyl (C=O) groups excluding carboxylic acids is 2. The lowest BCUT2D eigenvalue weighted by Crippen LogP contribution is -2.49. The molecule has 1 fully saturated rings. The molecule has 0 aromatic heterocycles. The second-order valence-corrected chi connectivity index (χ2v) is 8.29. The first-order chi connectivity index (χ1) is 14.7. The first-order valence-electron chi connectivity index (χ1n) is 10.3.